The van der Waals surface area contributed by atoms with E-state index in [9.17, 15) is 9.90 Å². The maximum absolute atomic E-state index is 11.2. The first kappa shape index (κ1) is 16.0. The van der Waals surface area contributed by atoms with Gasteiger partial charge in [0.25, 0.3) is 0 Å². The van der Waals surface area contributed by atoms with E-state index in [0.29, 0.717) is 0 Å². The number of nitriles is 1. The van der Waals surface area contributed by atoms with Crippen molar-refractivity contribution in [2.45, 2.75) is 52.4 Å². The summed E-state index contributed by atoms with van der Waals surface area (Å²) in [5.41, 5.74) is -0.254. The van der Waals surface area contributed by atoms with Gasteiger partial charge in [0.1, 0.15) is 0 Å². The fraction of sp³-hybridized carbons (Fsp3) is 0.867. The van der Waals surface area contributed by atoms with Crippen molar-refractivity contribution < 1.29 is 9.90 Å². The van der Waals surface area contributed by atoms with Crippen molar-refractivity contribution in [3.63, 3.8) is 0 Å². The number of nitrogens with one attached hydrogen (secondary N) is 1. The molecule has 1 saturated carbocycles. The number of rotatable bonds is 7. The smallest absolute Gasteiger partial charge is 0.306 e. The number of hydrogen-bond donors (Lipinski definition) is 2. The number of nitrogens with zero attached hydrogens (tertiary/aromatic N) is 1. The Balaban J connectivity index is 2.21. The molecule has 0 amide bonds. The molecule has 0 heterocycles. The first-order chi connectivity index (χ1) is 8.96. The highest BCUT2D eigenvalue weighted by Crippen LogP contribution is 2.29. The number of carbonyl (C=O) groups is 1. The second kappa shape index (κ2) is 7.49. The molecule has 19 heavy (non-hydrogen) atoms. The zero-order chi connectivity index (χ0) is 14.3. The Morgan fingerprint density at radius 3 is 2.74 bits per heavy atom. The third-order valence-corrected chi connectivity index (χ3v) is 4.09. The Labute approximate surface area is 116 Å². The van der Waals surface area contributed by atoms with Crippen molar-refractivity contribution in [2.75, 3.05) is 13.1 Å². The molecule has 0 spiro atoms. The van der Waals surface area contributed by atoms with Gasteiger partial charge in [0.2, 0.25) is 0 Å². The van der Waals surface area contributed by atoms with Gasteiger partial charge >= 0.3 is 5.97 Å². The molecule has 0 aromatic carbocycles. The van der Waals surface area contributed by atoms with Gasteiger partial charge in [0, 0.05) is 0 Å². The Morgan fingerprint density at radius 2 is 2.11 bits per heavy atom. The quantitative estimate of drug-likeness (QED) is 0.695. The molecule has 1 aliphatic carbocycles. The SMILES string of the molecule is CC(C)(C#N)CCCNCC1CCCCC1C(=O)O. The van der Waals surface area contributed by atoms with Gasteiger partial charge in [-0.1, -0.05) is 12.8 Å². The summed E-state index contributed by atoms with van der Waals surface area (Å²) in [7, 11) is 0. The van der Waals surface area contributed by atoms with Crippen LogP contribution in [0, 0.1) is 28.6 Å². The Morgan fingerprint density at radius 1 is 1.42 bits per heavy atom. The van der Waals surface area contributed by atoms with E-state index in [2.05, 4.69) is 11.4 Å². The first-order valence-corrected chi connectivity index (χ1v) is 7.31. The molecule has 2 N–H and O–H groups in total. The second-order valence-corrected chi connectivity index (χ2v) is 6.29. The van der Waals surface area contributed by atoms with Crippen LogP contribution in [-0.2, 0) is 4.79 Å². The minimum absolute atomic E-state index is 0.170. The van der Waals surface area contributed by atoms with E-state index in [0.717, 1.165) is 51.6 Å². The summed E-state index contributed by atoms with van der Waals surface area (Å²) in [6.07, 6.45) is 5.88. The van der Waals surface area contributed by atoms with Crippen molar-refractivity contribution in [3.05, 3.63) is 0 Å². The van der Waals surface area contributed by atoms with Crippen LogP contribution in [0.4, 0.5) is 0 Å². The van der Waals surface area contributed by atoms with Crippen LogP contribution >= 0.6 is 0 Å². The number of carboxylic acid groups (broad SMARTS) is 1. The molecule has 0 bridgehead atoms. The monoisotopic (exact) mass is 266 g/mol. The van der Waals surface area contributed by atoms with Gasteiger partial charge in [-0.05, 0) is 58.5 Å². The van der Waals surface area contributed by atoms with E-state index >= 15 is 0 Å². The van der Waals surface area contributed by atoms with Gasteiger partial charge in [-0.3, -0.25) is 4.79 Å². The minimum atomic E-state index is -0.642. The summed E-state index contributed by atoms with van der Waals surface area (Å²) >= 11 is 0. The Kier molecular flexibility index (Phi) is 6.30. The van der Waals surface area contributed by atoms with Crippen LogP contribution in [0.1, 0.15) is 52.4 Å². The fourth-order valence-corrected chi connectivity index (χ4v) is 2.78. The molecule has 108 valence electrons. The molecule has 2 unspecified atom stereocenters. The molecule has 0 aromatic rings. The molecule has 1 rings (SSSR count). The zero-order valence-electron chi connectivity index (χ0n) is 12.1. The molecule has 4 nitrogen and oxygen atoms in total. The largest absolute Gasteiger partial charge is 0.481 e. The molecule has 0 radical (unpaired) electrons. The Bertz CT molecular complexity index is 334. The highest BCUT2D eigenvalue weighted by atomic mass is 16.4. The number of aliphatic carboxylic acids is 1. The van der Waals surface area contributed by atoms with Gasteiger partial charge in [-0.15, -0.1) is 0 Å². The van der Waals surface area contributed by atoms with Crippen LogP contribution in [0.2, 0.25) is 0 Å². The molecular weight excluding hydrogens is 240 g/mol. The van der Waals surface area contributed by atoms with Crippen molar-refractivity contribution in [1.82, 2.24) is 5.32 Å². The lowest BCUT2D eigenvalue weighted by Gasteiger charge is -2.28. The van der Waals surface area contributed by atoms with E-state index in [1.165, 1.54) is 0 Å². The maximum atomic E-state index is 11.2. The van der Waals surface area contributed by atoms with Crippen molar-refractivity contribution in [2.24, 2.45) is 17.3 Å². The number of hydrogen-bond acceptors (Lipinski definition) is 3. The van der Waals surface area contributed by atoms with E-state index in [4.69, 9.17) is 5.26 Å². The average Bonchev–Trinajstić information content (AvgIpc) is 2.38. The molecule has 4 heteroatoms. The van der Waals surface area contributed by atoms with Crippen LogP contribution < -0.4 is 5.32 Å². The predicted molar refractivity (Wildman–Crippen MR) is 74.6 cm³/mol. The molecular formula is C15H26N2O2. The van der Waals surface area contributed by atoms with E-state index in [-0.39, 0.29) is 17.3 Å². The van der Waals surface area contributed by atoms with Gasteiger partial charge < -0.3 is 10.4 Å². The third kappa shape index (κ3) is 5.61. The van der Waals surface area contributed by atoms with Crippen LogP contribution in [0.5, 0.6) is 0 Å². The van der Waals surface area contributed by atoms with Gasteiger partial charge in [0.05, 0.1) is 17.4 Å². The van der Waals surface area contributed by atoms with Crippen molar-refractivity contribution in [3.8, 4) is 6.07 Å². The van der Waals surface area contributed by atoms with E-state index in [1.54, 1.807) is 0 Å². The highest BCUT2D eigenvalue weighted by molar-refractivity contribution is 5.70. The molecule has 1 fully saturated rings. The Hall–Kier alpha value is -1.08. The summed E-state index contributed by atoms with van der Waals surface area (Å²) in [6.45, 7) is 5.57. The lowest BCUT2D eigenvalue weighted by Crippen LogP contribution is -2.35. The lowest BCUT2D eigenvalue weighted by molar-refractivity contribution is -0.144. The van der Waals surface area contributed by atoms with Crippen molar-refractivity contribution in [1.29, 1.82) is 5.26 Å². The summed E-state index contributed by atoms with van der Waals surface area (Å²) < 4.78 is 0. The lowest BCUT2D eigenvalue weighted by atomic mass is 9.79. The van der Waals surface area contributed by atoms with Crippen LogP contribution in [0.15, 0.2) is 0 Å². The zero-order valence-corrected chi connectivity index (χ0v) is 12.1. The summed E-state index contributed by atoms with van der Waals surface area (Å²) in [6, 6.07) is 2.30. The molecule has 1 aliphatic rings. The normalized spacial score (nSPS) is 23.8. The summed E-state index contributed by atoms with van der Waals surface area (Å²) in [4.78, 5) is 11.2. The molecule has 0 aliphatic heterocycles. The molecule has 0 aromatic heterocycles. The van der Waals surface area contributed by atoms with Crippen LogP contribution in [-0.4, -0.2) is 24.2 Å². The summed E-state index contributed by atoms with van der Waals surface area (Å²) in [5.74, 6) is -0.538. The standard InChI is InChI=1S/C15H26N2O2/c1-15(2,11-16)8-5-9-17-10-12-6-3-4-7-13(12)14(18)19/h12-13,17H,3-10H2,1-2H3,(H,18,19). The second-order valence-electron chi connectivity index (χ2n) is 6.29. The van der Waals surface area contributed by atoms with Gasteiger partial charge in [-0.25, -0.2) is 0 Å². The highest BCUT2D eigenvalue weighted by Gasteiger charge is 2.30. The predicted octanol–water partition coefficient (Wildman–Crippen LogP) is 2.80. The maximum Gasteiger partial charge on any atom is 0.306 e. The van der Waals surface area contributed by atoms with Crippen molar-refractivity contribution >= 4 is 5.97 Å². The van der Waals surface area contributed by atoms with Gasteiger partial charge in [-0.2, -0.15) is 5.26 Å². The first-order valence-electron chi connectivity index (χ1n) is 7.31. The molecule has 2 atom stereocenters. The topological polar surface area (TPSA) is 73.1 Å². The third-order valence-electron chi connectivity index (χ3n) is 4.09. The summed E-state index contributed by atoms with van der Waals surface area (Å²) in [5, 5.41) is 21.5. The fourth-order valence-electron chi connectivity index (χ4n) is 2.78. The minimum Gasteiger partial charge on any atom is -0.481 e. The van der Waals surface area contributed by atoms with E-state index in [1.807, 2.05) is 13.8 Å². The molecule has 0 saturated heterocycles. The number of carboxylic acids is 1. The van der Waals surface area contributed by atoms with Crippen LogP contribution in [0.25, 0.3) is 0 Å². The average molecular weight is 266 g/mol. The van der Waals surface area contributed by atoms with Crippen LogP contribution in [0.3, 0.4) is 0 Å². The van der Waals surface area contributed by atoms with Gasteiger partial charge in [0.15, 0.2) is 0 Å². The van der Waals surface area contributed by atoms with E-state index < -0.39 is 5.97 Å².